The van der Waals surface area contributed by atoms with Crippen molar-refractivity contribution in [2.75, 3.05) is 18.9 Å². The molecule has 0 saturated heterocycles. The molecule has 0 aliphatic rings. The first-order chi connectivity index (χ1) is 8.38. The standard InChI is InChI=1S/C13H19FN2O2/c1-8(2)16(4-5-17)13(18)11-7-10(15)6-9(3)12(11)14/h6-8,17H,4-5,15H2,1-3H3. The fraction of sp³-hybridized carbons (Fsp3) is 0.462. The SMILES string of the molecule is Cc1cc(N)cc(C(=O)N(CCO)C(C)C)c1F. The van der Waals surface area contributed by atoms with E-state index in [0.29, 0.717) is 11.3 Å². The second kappa shape index (κ2) is 5.82. The third-order valence-corrected chi connectivity index (χ3v) is 2.73. The Hall–Kier alpha value is -1.62. The second-order valence-corrected chi connectivity index (χ2v) is 4.52. The van der Waals surface area contributed by atoms with Crippen LogP contribution in [0.4, 0.5) is 10.1 Å². The molecule has 0 aliphatic heterocycles. The summed E-state index contributed by atoms with van der Waals surface area (Å²) in [6.07, 6.45) is 0. The van der Waals surface area contributed by atoms with Gasteiger partial charge < -0.3 is 15.7 Å². The Morgan fingerprint density at radius 2 is 2.11 bits per heavy atom. The second-order valence-electron chi connectivity index (χ2n) is 4.52. The number of nitrogens with zero attached hydrogens (tertiary/aromatic N) is 1. The van der Waals surface area contributed by atoms with Gasteiger partial charge in [0.25, 0.3) is 5.91 Å². The maximum atomic E-state index is 13.9. The average Bonchev–Trinajstić information content (AvgIpc) is 2.29. The van der Waals surface area contributed by atoms with Crippen LogP contribution in [-0.4, -0.2) is 35.1 Å². The Labute approximate surface area is 106 Å². The lowest BCUT2D eigenvalue weighted by Crippen LogP contribution is -2.39. The number of rotatable bonds is 4. The van der Waals surface area contributed by atoms with Crippen molar-refractivity contribution in [1.82, 2.24) is 4.90 Å². The first-order valence-electron chi connectivity index (χ1n) is 5.86. The zero-order chi connectivity index (χ0) is 13.9. The molecule has 0 aliphatic carbocycles. The Balaban J connectivity index is 3.16. The largest absolute Gasteiger partial charge is 0.399 e. The molecule has 1 aromatic rings. The van der Waals surface area contributed by atoms with Crippen molar-refractivity contribution >= 4 is 11.6 Å². The van der Waals surface area contributed by atoms with Gasteiger partial charge in [0.1, 0.15) is 5.82 Å². The molecule has 0 spiro atoms. The molecule has 1 amide bonds. The van der Waals surface area contributed by atoms with Crippen molar-refractivity contribution in [3.05, 3.63) is 29.1 Å². The summed E-state index contributed by atoms with van der Waals surface area (Å²) in [4.78, 5) is 13.6. The van der Waals surface area contributed by atoms with Gasteiger partial charge in [0.2, 0.25) is 0 Å². The molecule has 1 rings (SSSR count). The van der Waals surface area contributed by atoms with Gasteiger partial charge in [0, 0.05) is 18.3 Å². The molecule has 3 N–H and O–H groups in total. The Bertz CT molecular complexity index is 447. The van der Waals surface area contributed by atoms with Crippen LogP contribution in [0, 0.1) is 12.7 Å². The predicted octanol–water partition coefficient (Wildman–Crippen LogP) is 1.56. The van der Waals surface area contributed by atoms with Crippen LogP contribution in [0.15, 0.2) is 12.1 Å². The van der Waals surface area contributed by atoms with Crippen LogP contribution >= 0.6 is 0 Å². The van der Waals surface area contributed by atoms with E-state index in [1.54, 1.807) is 6.92 Å². The highest BCUT2D eigenvalue weighted by atomic mass is 19.1. The highest BCUT2D eigenvalue weighted by Gasteiger charge is 2.22. The van der Waals surface area contributed by atoms with E-state index < -0.39 is 11.7 Å². The van der Waals surface area contributed by atoms with Gasteiger partial charge in [-0.05, 0) is 38.5 Å². The molecule has 0 atom stereocenters. The lowest BCUT2D eigenvalue weighted by Gasteiger charge is -2.26. The van der Waals surface area contributed by atoms with Gasteiger partial charge in [-0.2, -0.15) is 0 Å². The van der Waals surface area contributed by atoms with Gasteiger partial charge >= 0.3 is 0 Å². The number of hydrogen-bond acceptors (Lipinski definition) is 3. The van der Waals surface area contributed by atoms with Crippen molar-refractivity contribution < 1.29 is 14.3 Å². The number of hydrogen-bond donors (Lipinski definition) is 2. The molecule has 100 valence electrons. The van der Waals surface area contributed by atoms with E-state index in [0.717, 1.165) is 0 Å². The Morgan fingerprint density at radius 1 is 1.50 bits per heavy atom. The minimum atomic E-state index is -0.558. The van der Waals surface area contributed by atoms with E-state index in [4.69, 9.17) is 10.8 Å². The van der Waals surface area contributed by atoms with Crippen LogP contribution in [0.5, 0.6) is 0 Å². The molecule has 0 heterocycles. The summed E-state index contributed by atoms with van der Waals surface area (Å²) in [6, 6.07) is 2.70. The molecular formula is C13H19FN2O2. The van der Waals surface area contributed by atoms with Gasteiger partial charge in [0.15, 0.2) is 0 Å². The number of carbonyl (C=O) groups excluding carboxylic acids is 1. The number of halogens is 1. The van der Waals surface area contributed by atoms with Gasteiger partial charge in [-0.3, -0.25) is 4.79 Å². The first kappa shape index (κ1) is 14.4. The summed E-state index contributed by atoms with van der Waals surface area (Å²) in [5.74, 6) is -1.01. The van der Waals surface area contributed by atoms with E-state index in [1.807, 2.05) is 13.8 Å². The van der Waals surface area contributed by atoms with Gasteiger partial charge in [-0.25, -0.2) is 4.39 Å². The predicted molar refractivity (Wildman–Crippen MR) is 68.8 cm³/mol. The fourth-order valence-electron chi connectivity index (χ4n) is 1.81. The fourth-order valence-corrected chi connectivity index (χ4v) is 1.81. The van der Waals surface area contributed by atoms with Crippen LogP contribution in [0.1, 0.15) is 29.8 Å². The molecule has 0 saturated carbocycles. The summed E-state index contributed by atoms with van der Waals surface area (Å²) in [7, 11) is 0. The maximum Gasteiger partial charge on any atom is 0.257 e. The lowest BCUT2D eigenvalue weighted by atomic mass is 10.1. The molecule has 0 fully saturated rings. The molecule has 1 aromatic carbocycles. The lowest BCUT2D eigenvalue weighted by molar-refractivity contribution is 0.0660. The highest BCUT2D eigenvalue weighted by molar-refractivity contribution is 5.95. The topological polar surface area (TPSA) is 66.6 Å². The molecule has 0 unspecified atom stereocenters. The quantitative estimate of drug-likeness (QED) is 0.801. The number of amides is 1. The van der Waals surface area contributed by atoms with E-state index in [-0.39, 0.29) is 24.8 Å². The number of aliphatic hydroxyl groups excluding tert-OH is 1. The summed E-state index contributed by atoms with van der Waals surface area (Å²) < 4.78 is 13.9. The molecular weight excluding hydrogens is 235 g/mol. The number of nitrogens with two attached hydrogens (primary N) is 1. The van der Waals surface area contributed by atoms with E-state index in [2.05, 4.69) is 0 Å². The van der Waals surface area contributed by atoms with Crippen LogP contribution in [-0.2, 0) is 0 Å². The normalized spacial score (nSPS) is 10.8. The molecule has 0 bridgehead atoms. The number of aliphatic hydroxyl groups is 1. The van der Waals surface area contributed by atoms with E-state index >= 15 is 0 Å². The zero-order valence-electron chi connectivity index (χ0n) is 10.9. The highest BCUT2D eigenvalue weighted by Crippen LogP contribution is 2.19. The van der Waals surface area contributed by atoms with Crippen molar-refractivity contribution in [2.24, 2.45) is 0 Å². The van der Waals surface area contributed by atoms with Crippen LogP contribution < -0.4 is 5.73 Å². The summed E-state index contributed by atoms with van der Waals surface area (Å²) in [5, 5.41) is 8.95. The van der Waals surface area contributed by atoms with Crippen molar-refractivity contribution in [2.45, 2.75) is 26.8 Å². The molecule has 4 nitrogen and oxygen atoms in total. The number of carbonyl (C=O) groups is 1. The minimum Gasteiger partial charge on any atom is -0.399 e. The molecule has 0 aromatic heterocycles. The third-order valence-electron chi connectivity index (χ3n) is 2.73. The van der Waals surface area contributed by atoms with Gasteiger partial charge in [-0.1, -0.05) is 0 Å². The monoisotopic (exact) mass is 254 g/mol. The van der Waals surface area contributed by atoms with Crippen LogP contribution in [0.25, 0.3) is 0 Å². The van der Waals surface area contributed by atoms with Crippen LogP contribution in [0.2, 0.25) is 0 Å². The van der Waals surface area contributed by atoms with Crippen molar-refractivity contribution in [3.8, 4) is 0 Å². The first-order valence-corrected chi connectivity index (χ1v) is 5.86. The Morgan fingerprint density at radius 3 is 2.61 bits per heavy atom. The maximum absolute atomic E-state index is 13.9. The summed E-state index contributed by atoms with van der Waals surface area (Å²) >= 11 is 0. The summed E-state index contributed by atoms with van der Waals surface area (Å²) in [6.45, 7) is 5.19. The summed E-state index contributed by atoms with van der Waals surface area (Å²) in [5.41, 5.74) is 6.27. The third kappa shape index (κ3) is 2.98. The van der Waals surface area contributed by atoms with Crippen molar-refractivity contribution in [3.63, 3.8) is 0 Å². The molecule has 5 heteroatoms. The van der Waals surface area contributed by atoms with Crippen LogP contribution in [0.3, 0.4) is 0 Å². The van der Waals surface area contributed by atoms with Crippen molar-refractivity contribution in [1.29, 1.82) is 0 Å². The number of nitrogen functional groups attached to an aromatic ring is 1. The van der Waals surface area contributed by atoms with Gasteiger partial charge in [0.05, 0.1) is 12.2 Å². The smallest absolute Gasteiger partial charge is 0.257 e. The average molecular weight is 254 g/mol. The van der Waals surface area contributed by atoms with E-state index in [9.17, 15) is 9.18 Å². The molecule has 0 radical (unpaired) electrons. The van der Waals surface area contributed by atoms with E-state index in [1.165, 1.54) is 17.0 Å². The minimum absolute atomic E-state index is 0.0466. The zero-order valence-corrected chi connectivity index (χ0v) is 10.9. The molecule has 18 heavy (non-hydrogen) atoms. The number of benzene rings is 1. The Kier molecular flexibility index (Phi) is 4.67. The van der Waals surface area contributed by atoms with Gasteiger partial charge in [-0.15, -0.1) is 0 Å². The number of aryl methyl sites for hydroxylation is 1. The number of anilines is 1.